The highest BCUT2D eigenvalue weighted by Crippen LogP contribution is 2.33. The maximum atomic E-state index is 6.18. The molecule has 116 valence electrons. The Balaban J connectivity index is 2.42. The summed E-state index contributed by atoms with van der Waals surface area (Å²) in [5, 5.41) is 4.23. The molecule has 0 aromatic heterocycles. The van der Waals surface area contributed by atoms with Crippen LogP contribution in [0.25, 0.3) is 0 Å². The lowest BCUT2D eigenvalue weighted by Gasteiger charge is -2.39. The van der Waals surface area contributed by atoms with Gasteiger partial charge in [-0.25, -0.2) is 0 Å². The Bertz CT molecular complexity index is 510. The molecule has 0 spiro atoms. The molecule has 1 atom stereocenters. The molecule has 1 unspecified atom stereocenters. The summed E-state index contributed by atoms with van der Waals surface area (Å²) in [6.07, 6.45) is 0.828. The van der Waals surface area contributed by atoms with Crippen LogP contribution in [0.5, 0.6) is 0 Å². The average molecular weight is 309 g/mol. The van der Waals surface area contributed by atoms with Crippen molar-refractivity contribution in [3.8, 4) is 0 Å². The third-order valence-corrected chi connectivity index (χ3v) is 4.23. The van der Waals surface area contributed by atoms with Crippen molar-refractivity contribution in [2.24, 2.45) is 10.4 Å². The fourth-order valence-electron chi connectivity index (χ4n) is 2.73. The van der Waals surface area contributed by atoms with Gasteiger partial charge in [-0.3, -0.25) is 4.99 Å². The molecule has 4 heteroatoms. The number of rotatable bonds is 5. The number of amidine groups is 1. The molecule has 1 aromatic rings. The zero-order valence-electron chi connectivity index (χ0n) is 13.4. The summed E-state index contributed by atoms with van der Waals surface area (Å²) in [6, 6.07) is 7.89. The van der Waals surface area contributed by atoms with Gasteiger partial charge < -0.3 is 10.1 Å². The lowest BCUT2D eigenvalue weighted by Crippen LogP contribution is -2.52. The van der Waals surface area contributed by atoms with E-state index in [2.05, 4.69) is 26.1 Å². The van der Waals surface area contributed by atoms with Gasteiger partial charge in [0.25, 0.3) is 0 Å². The summed E-state index contributed by atoms with van der Waals surface area (Å²) in [7, 11) is 0. The van der Waals surface area contributed by atoms with Crippen LogP contribution in [0.3, 0.4) is 0 Å². The van der Waals surface area contributed by atoms with E-state index in [-0.39, 0.29) is 5.41 Å². The Morgan fingerprint density at radius 1 is 1.29 bits per heavy atom. The predicted octanol–water partition coefficient (Wildman–Crippen LogP) is 4.01. The minimum atomic E-state index is -0.504. The van der Waals surface area contributed by atoms with Gasteiger partial charge in [0.1, 0.15) is 11.4 Å². The topological polar surface area (TPSA) is 33.6 Å². The first-order valence-electron chi connectivity index (χ1n) is 7.62. The Kier molecular flexibility index (Phi) is 4.95. The minimum absolute atomic E-state index is 0.190. The first-order chi connectivity index (χ1) is 9.93. The second kappa shape index (κ2) is 6.37. The van der Waals surface area contributed by atoms with Crippen LogP contribution in [0.15, 0.2) is 29.3 Å². The quantitative estimate of drug-likeness (QED) is 0.891. The van der Waals surface area contributed by atoms with Crippen molar-refractivity contribution in [2.75, 3.05) is 19.7 Å². The number of halogens is 1. The summed E-state index contributed by atoms with van der Waals surface area (Å²) >= 11 is 6.02. The van der Waals surface area contributed by atoms with Gasteiger partial charge in [0.2, 0.25) is 0 Å². The predicted molar refractivity (Wildman–Crippen MR) is 89.1 cm³/mol. The highest BCUT2D eigenvalue weighted by Gasteiger charge is 2.39. The highest BCUT2D eigenvalue weighted by atomic mass is 35.5. The molecule has 0 saturated heterocycles. The fourth-order valence-corrected chi connectivity index (χ4v) is 2.85. The maximum Gasteiger partial charge on any atom is 0.149 e. The Labute approximate surface area is 132 Å². The normalized spacial score (nSPS) is 20.3. The van der Waals surface area contributed by atoms with E-state index in [0.29, 0.717) is 6.61 Å². The van der Waals surface area contributed by atoms with Gasteiger partial charge in [0, 0.05) is 30.1 Å². The number of benzene rings is 1. The smallest absolute Gasteiger partial charge is 0.149 e. The van der Waals surface area contributed by atoms with E-state index in [1.807, 2.05) is 31.2 Å². The maximum absolute atomic E-state index is 6.18. The molecule has 1 N–H and O–H groups in total. The summed E-state index contributed by atoms with van der Waals surface area (Å²) in [6.45, 7) is 11.0. The summed E-state index contributed by atoms with van der Waals surface area (Å²) in [5.74, 6) is 0.938. The van der Waals surface area contributed by atoms with Crippen LogP contribution in [0, 0.1) is 5.41 Å². The molecule has 3 nitrogen and oxygen atoms in total. The van der Waals surface area contributed by atoms with Crippen molar-refractivity contribution in [1.29, 1.82) is 0 Å². The zero-order valence-corrected chi connectivity index (χ0v) is 14.1. The van der Waals surface area contributed by atoms with Gasteiger partial charge in [-0.1, -0.05) is 44.5 Å². The Morgan fingerprint density at radius 3 is 2.43 bits per heavy atom. The molecular weight excluding hydrogens is 284 g/mol. The molecule has 0 radical (unpaired) electrons. The molecule has 0 aliphatic carbocycles. The van der Waals surface area contributed by atoms with Gasteiger partial charge in [-0.15, -0.1) is 0 Å². The van der Waals surface area contributed by atoms with E-state index in [9.17, 15) is 0 Å². The van der Waals surface area contributed by atoms with Gasteiger partial charge in [0.15, 0.2) is 0 Å². The van der Waals surface area contributed by atoms with E-state index in [4.69, 9.17) is 21.3 Å². The molecule has 0 saturated carbocycles. The number of aliphatic imine (C=N–C) groups is 1. The van der Waals surface area contributed by atoms with Crippen molar-refractivity contribution in [1.82, 2.24) is 5.32 Å². The molecule has 21 heavy (non-hydrogen) atoms. The van der Waals surface area contributed by atoms with Crippen LogP contribution in [-0.4, -0.2) is 25.5 Å². The number of hydrogen-bond donors (Lipinski definition) is 1. The molecule has 2 rings (SSSR count). The Morgan fingerprint density at radius 2 is 1.95 bits per heavy atom. The molecule has 1 aliphatic rings. The van der Waals surface area contributed by atoms with E-state index in [1.54, 1.807) is 0 Å². The van der Waals surface area contributed by atoms with Crippen LogP contribution >= 0.6 is 11.6 Å². The standard InChI is InChI=1S/C17H25ClN2O/c1-5-17(21-6-2,13-7-9-14(18)10-8-13)15-19-11-16(3,4)12-20-15/h7-10H,5-6,11-12H2,1-4H3,(H,19,20). The summed E-state index contributed by atoms with van der Waals surface area (Å²) in [4.78, 5) is 4.79. The van der Waals surface area contributed by atoms with Crippen LogP contribution in [0.4, 0.5) is 0 Å². The number of hydrogen-bond acceptors (Lipinski definition) is 3. The highest BCUT2D eigenvalue weighted by molar-refractivity contribution is 6.30. The van der Waals surface area contributed by atoms with Crippen molar-refractivity contribution < 1.29 is 4.74 Å². The van der Waals surface area contributed by atoms with Gasteiger partial charge >= 0.3 is 0 Å². The largest absolute Gasteiger partial charge is 0.370 e. The van der Waals surface area contributed by atoms with Crippen LogP contribution in [0.1, 0.15) is 39.7 Å². The van der Waals surface area contributed by atoms with Crippen molar-refractivity contribution in [3.05, 3.63) is 34.9 Å². The van der Waals surface area contributed by atoms with Crippen LogP contribution in [0.2, 0.25) is 5.02 Å². The van der Waals surface area contributed by atoms with E-state index in [0.717, 1.165) is 35.9 Å². The molecule has 0 fully saturated rings. The molecule has 0 bridgehead atoms. The second-order valence-corrected chi connectivity index (χ2v) is 6.74. The number of nitrogens with one attached hydrogen (secondary N) is 1. The Hall–Kier alpha value is -1.06. The molecule has 0 amide bonds. The van der Waals surface area contributed by atoms with Crippen LogP contribution < -0.4 is 5.32 Å². The summed E-state index contributed by atoms with van der Waals surface area (Å²) in [5.41, 5.74) is 0.785. The van der Waals surface area contributed by atoms with Crippen molar-refractivity contribution in [3.63, 3.8) is 0 Å². The third kappa shape index (κ3) is 3.41. The number of ether oxygens (including phenoxy) is 1. The van der Waals surface area contributed by atoms with Gasteiger partial charge in [0.05, 0.1) is 0 Å². The first kappa shape index (κ1) is 16.3. The van der Waals surface area contributed by atoms with Gasteiger partial charge in [-0.2, -0.15) is 0 Å². The van der Waals surface area contributed by atoms with E-state index in [1.165, 1.54) is 0 Å². The average Bonchev–Trinajstić information content (AvgIpc) is 2.46. The third-order valence-electron chi connectivity index (χ3n) is 3.98. The zero-order chi connectivity index (χ0) is 15.5. The monoisotopic (exact) mass is 308 g/mol. The minimum Gasteiger partial charge on any atom is -0.370 e. The van der Waals surface area contributed by atoms with Crippen molar-refractivity contribution >= 4 is 17.4 Å². The lowest BCUT2D eigenvalue weighted by molar-refractivity contribution is 0.00466. The molecular formula is C17H25ClN2O. The fraction of sp³-hybridized carbons (Fsp3) is 0.588. The number of nitrogens with zero attached hydrogens (tertiary/aromatic N) is 1. The van der Waals surface area contributed by atoms with Crippen molar-refractivity contribution in [2.45, 2.75) is 39.7 Å². The van der Waals surface area contributed by atoms with Crippen LogP contribution in [-0.2, 0) is 10.3 Å². The lowest BCUT2D eigenvalue weighted by atomic mass is 9.85. The molecule has 1 heterocycles. The van der Waals surface area contributed by atoms with E-state index >= 15 is 0 Å². The van der Waals surface area contributed by atoms with Gasteiger partial charge in [-0.05, 0) is 31.0 Å². The van der Waals surface area contributed by atoms with E-state index < -0.39 is 5.60 Å². The molecule has 1 aliphatic heterocycles. The SMILES string of the molecule is CCOC(CC)(C1=NCC(C)(C)CN1)c1ccc(Cl)cc1. The summed E-state index contributed by atoms with van der Waals surface area (Å²) < 4.78 is 6.18. The first-order valence-corrected chi connectivity index (χ1v) is 8.00. The molecule has 1 aromatic carbocycles. The second-order valence-electron chi connectivity index (χ2n) is 6.30.